The molecular formula is C30H59P. The summed E-state index contributed by atoms with van der Waals surface area (Å²) in [6.07, 6.45) is 33.0. The molecule has 0 aliphatic carbocycles. The van der Waals surface area contributed by atoms with Crippen LogP contribution >= 0.6 is 9.24 Å². The monoisotopic (exact) mass is 450 g/mol. The Hall–Kier alpha value is -0.0100. The Morgan fingerprint density at radius 3 is 1.16 bits per heavy atom. The van der Waals surface area contributed by atoms with Gasteiger partial charge in [-0.1, -0.05) is 155 Å². The summed E-state index contributed by atoms with van der Waals surface area (Å²) in [5, 5.41) is 0.188. The lowest BCUT2D eigenvalue weighted by molar-refractivity contribution is 0.498. The van der Waals surface area contributed by atoms with Crippen molar-refractivity contribution < 1.29 is 0 Å². The van der Waals surface area contributed by atoms with Crippen LogP contribution < -0.4 is 0 Å². The smallest absolute Gasteiger partial charge is 0.0454 e. The van der Waals surface area contributed by atoms with Crippen molar-refractivity contribution >= 4 is 9.24 Å². The average Bonchev–Trinajstić information content (AvgIpc) is 2.77. The molecule has 0 rings (SSSR count). The van der Waals surface area contributed by atoms with E-state index in [0.717, 1.165) is 6.42 Å². The summed E-state index contributed by atoms with van der Waals surface area (Å²) < 4.78 is 0. The summed E-state index contributed by atoms with van der Waals surface area (Å²) in [6.45, 7) is 6.90. The minimum atomic E-state index is 0.188. The molecule has 31 heavy (non-hydrogen) atoms. The Morgan fingerprint density at radius 1 is 0.452 bits per heavy atom. The van der Waals surface area contributed by atoms with Crippen LogP contribution in [0.3, 0.4) is 0 Å². The van der Waals surface area contributed by atoms with Crippen molar-refractivity contribution in [1.82, 2.24) is 0 Å². The van der Waals surface area contributed by atoms with Crippen LogP contribution in [0.15, 0.2) is 0 Å². The maximum atomic E-state index is 3.74. The highest BCUT2D eigenvalue weighted by molar-refractivity contribution is 7.19. The van der Waals surface area contributed by atoms with Gasteiger partial charge in [0, 0.05) is 11.6 Å². The molecule has 0 bridgehead atoms. The SMILES string of the molecule is CCCCCCCCC#CC(P)(CCCCCCCCC)CCCCCCCCCC. The van der Waals surface area contributed by atoms with E-state index in [1.54, 1.807) is 0 Å². The molecule has 0 nitrogen and oxygen atoms in total. The Labute approximate surface area is 201 Å². The Morgan fingerprint density at radius 2 is 0.774 bits per heavy atom. The molecule has 0 fully saturated rings. The zero-order valence-electron chi connectivity index (χ0n) is 22.0. The summed E-state index contributed by atoms with van der Waals surface area (Å²) in [7, 11) is 3.20. The van der Waals surface area contributed by atoms with E-state index in [9.17, 15) is 0 Å². The summed E-state index contributed by atoms with van der Waals surface area (Å²) in [4.78, 5) is 0. The van der Waals surface area contributed by atoms with Gasteiger partial charge in [0.1, 0.15) is 0 Å². The molecule has 0 saturated heterocycles. The van der Waals surface area contributed by atoms with E-state index in [0.29, 0.717) is 0 Å². The fourth-order valence-corrected chi connectivity index (χ4v) is 4.96. The van der Waals surface area contributed by atoms with Crippen LogP contribution in [0, 0.1) is 11.8 Å². The van der Waals surface area contributed by atoms with Crippen molar-refractivity contribution in [2.75, 3.05) is 0 Å². The van der Waals surface area contributed by atoms with Crippen LogP contribution in [0.4, 0.5) is 0 Å². The van der Waals surface area contributed by atoms with Crippen molar-refractivity contribution in [2.45, 2.75) is 180 Å². The van der Waals surface area contributed by atoms with Crippen LogP contribution in [0.2, 0.25) is 0 Å². The minimum Gasteiger partial charge on any atom is -0.118 e. The number of rotatable bonds is 23. The molecule has 0 heterocycles. The first-order chi connectivity index (χ1) is 15.2. The van der Waals surface area contributed by atoms with E-state index in [-0.39, 0.29) is 5.16 Å². The molecule has 184 valence electrons. The first kappa shape index (κ1) is 31.0. The predicted octanol–water partition coefficient (Wildman–Crippen LogP) is 11.0. The molecule has 2 atom stereocenters. The maximum Gasteiger partial charge on any atom is 0.0454 e. The van der Waals surface area contributed by atoms with Crippen LogP contribution in [0.5, 0.6) is 0 Å². The standard InChI is InChI=1S/C30H59P/c1-4-7-10-13-16-19-22-25-28-30(31,27-24-21-18-15-12-9-6-3)29-26-23-20-17-14-11-8-5-2/h4-25,27-28,31H2,1-3H3. The van der Waals surface area contributed by atoms with Gasteiger partial charge in [0.05, 0.1) is 0 Å². The topological polar surface area (TPSA) is 0 Å². The van der Waals surface area contributed by atoms with Crippen molar-refractivity contribution in [3.05, 3.63) is 0 Å². The lowest BCUT2D eigenvalue weighted by Gasteiger charge is -2.24. The molecule has 1 heteroatoms. The molecule has 0 spiro atoms. The quantitative estimate of drug-likeness (QED) is 0.0824. The molecular weight excluding hydrogens is 391 g/mol. The summed E-state index contributed by atoms with van der Waals surface area (Å²) in [5.74, 6) is 7.33. The first-order valence-electron chi connectivity index (χ1n) is 14.5. The van der Waals surface area contributed by atoms with Crippen LogP contribution in [-0.2, 0) is 0 Å². The van der Waals surface area contributed by atoms with Crippen molar-refractivity contribution in [2.24, 2.45) is 0 Å². The molecule has 0 N–H and O–H groups in total. The van der Waals surface area contributed by atoms with Crippen molar-refractivity contribution in [3.8, 4) is 11.8 Å². The van der Waals surface area contributed by atoms with E-state index < -0.39 is 0 Å². The van der Waals surface area contributed by atoms with Gasteiger partial charge in [-0.05, 0) is 19.3 Å². The third kappa shape index (κ3) is 23.0. The van der Waals surface area contributed by atoms with E-state index in [1.807, 2.05) is 0 Å². The largest absolute Gasteiger partial charge is 0.118 e. The van der Waals surface area contributed by atoms with Gasteiger partial charge in [-0.3, -0.25) is 0 Å². The second-order valence-electron chi connectivity index (χ2n) is 10.1. The predicted molar refractivity (Wildman–Crippen MR) is 148 cm³/mol. The van der Waals surface area contributed by atoms with Gasteiger partial charge < -0.3 is 0 Å². The second kappa shape index (κ2) is 24.6. The normalized spacial score (nSPS) is 13.0. The van der Waals surface area contributed by atoms with E-state index in [1.165, 1.54) is 148 Å². The van der Waals surface area contributed by atoms with Crippen LogP contribution in [0.1, 0.15) is 175 Å². The number of unbranched alkanes of at least 4 members (excludes halogenated alkanes) is 19. The van der Waals surface area contributed by atoms with Gasteiger partial charge in [-0.25, -0.2) is 0 Å². The molecule has 0 aromatic heterocycles. The maximum absolute atomic E-state index is 3.74. The Kier molecular flexibility index (Phi) is 24.6. The highest BCUT2D eigenvalue weighted by Gasteiger charge is 2.20. The number of hydrogen-bond donors (Lipinski definition) is 0. The minimum absolute atomic E-state index is 0.188. The highest BCUT2D eigenvalue weighted by atomic mass is 31.0. The molecule has 2 unspecified atom stereocenters. The van der Waals surface area contributed by atoms with Crippen molar-refractivity contribution in [1.29, 1.82) is 0 Å². The Bertz CT molecular complexity index is 404. The summed E-state index contributed by atoms with van der Waals surface area (Å²) >= 11 is 0. The van der Waals surface area contributed by atoms with Gasteiger partial charge in [-0.2, -0.15) is 0 Å². The fourth-order valence-electron chi connectivity index (χ4n) is 4.45. The van der Waals surface area contributed by atoms with Crippen LogP contribution in [-0.4, -0.2) is 5.16 Å². The third-order valence-corrected chi connectivity index (χ3v) is 7.42. The zero-order valence-corrected chi connectivity index (χ0v) is 23.2. The van der Waals surface area contributed by atoms with Gasteiger partial charge in [-0.15, -0.1) is 15.2 Å². The second-order valence-corrected chi connectivity index (χ2v) is 11.2. The molecule has 0 aromatic rings. The van der Waals surface area contributed by atoms with Gasteiger partial charge in [0.15, 0.2) is 0 Å². The molecule has 0 aliphatic heterocycles. The lowest BCUT2D eigenvalue weighted by Crippen LogP contribution is -2.18. The lowest BCUT2D eigenvalue weighted by atomic mass is 9.93. The van der Waals surface area contributed by atoms with Gasteiger partial charge >= 0.3 is 0 Å². The summed E-state index contributed by atoms with van der Waals surface area (Å²) in [6, 6.07) is 0. The first-order valence-corrected chi connectivity index (χ1v) is 15.0. The van der Waals surface area contributed by atoms with E-state index >= 15 is 0 Å². The van der Waals surface area contributed by atoms with E-state index in [4.69, 9.17) is 0 Å². The fraction of sp³-hybridized carbons (Fsp3) is 0.933. The molecule has 0 saturated carbocycles. The Balaban J connectivity index is 4.20. The van der Waals surface area contributed by atoms with Crippen LogP contribution in [0.25, 0.3) is 0 Å². The third-order valence-electron chi connectivity index (χ3n) is 6.70. The zero-order chi connectivity index (χ0) is 22.9. The highest BCUT2D eigenvalue weighted by Crippen LogP contribution is 2.32. The number of hydrogen-bond acceptors (Lipinski definition) is 0. The van der Waals surface area contributed by atoms with Crippen molar-refractivity contribution in [3.63, 3.8) is 0 Å². The van der Waals surface area contributed by atoms with E-state index in [2.05, 4.69) is 41.9 Å². The molecule has 0 radical (unpaired) electrons. The molecule has 0 aromatic carbocycles. The van der Waals surface area contributed by atoms with Gasteiger partial charge in [0.25, 0.3) is 0 Å². The van der Waals surface area contributed by atoms with Gasteiger partial charge in [0.2, 0.25) is 0 Å². The summed E-state index contributed by atoms with van der Waals surface area (Å²) in [5.41, 5.74) is 0. The molecule has 0 amide bonds. The average molecular weight is 451 g/mol. The molecule has 0 aliphatic rings.